The number of nitrogens with two attached hydrogens (primary N) is 1. The third-order valence-corrected chi connectivity index (χ3v) is 2.78. The Kier molecular flexibility index (Phi) is 3.10. The second-order valence-electron chi connectivity index (χ2n) is 3.84. The molecule has 2 N–H and O–H groups in total. The van der Waals surface area contributed by atoms with E-state index in [0.29, 0.717) is 11.3 Å². The van der Waals surface area contributed by atoms with E-state index in [-0.39, 0.29) is 6.10 Å². The van der Waals surface area contributed by atoms with E-state index in [2.05, 4.69) is 4.74 Å². The van der Waals surface area contributed by atoms with E-state index in [1.54, 1.807) is 12.1 Å². The third-order valence-electron chi connectivity index (χ3n) is 2.78. The molecule has 2 rings (SSSR count). The van der Waals surface area contributed by atoms with Crippen LogP contribution in [0.3, 0.4) is 0 Å². The molecule has 0 spiro atoms. The summed E-state index contributed by atoms with van der Waals surface area (Å²) in [5, 5.41) is 0. The summed E-state index contributed by atoms with van der Waals surface area (Å²) in [6.07, 6.45) is 2.20. The van der Waals surface area contributed by atoms with Crippen molar-refractivity contribution in [2.24, 2.45) is 0 Å². The molecule has 0 aliphatic carbocycles. The number of hydrogen-bond acceptors (Lipinski definition) is 4. The summed E-state index contributed by atoms with van der Waals surface area (Å²) in [6.45, 7) is 0.795. The summed E-state index contributed by atoms with van der Waals surface area (Å²) in [7, 11) is 1.34. The maximum atomic E-state index is 11.3. The number of benzene rings is 1. The predicted octanol–water partition coefficient (Wildman–Crippen LogP) is 1.91. The van der Waals surface area contributed by atoms with Crippen LogP contribution in [-0.2, 0) is 9.47 Å². The normalized spacial score (nSPS) is 19.7. The molecule has 1 aliphatic heterocycles. The van der Waals surface area contributed by atoms with Crippen molar-refractivity contribution in [1.29, 1.82) is 0 Å². The second-order valence-corrected chi connectivity index (χ2v) is 3.84. The van der Waals surface area contributed by atoms with Crippen molar-refractivity contribution >= 4 is 11.7 Å². The zero-order chi connectivity index (χ0) is 11.5. The molecule has 4 heteroatoms. The second kappa shape index (κ2) is 4.53. The van der Waals surface area contributed by atoms with Crippen molar-refractivity contribution in [2.75, 3.05) is 19.5 Å². The van der Waals surface area contributed by atoms with E-state index in [9.17, 15) is 4.79 Å². The molecule has 0 bridgehead atoms. The summed E-state index contributed by atoms with van der Waals surface area (Å²) < 4.78 is 10.2. The van der Waals surface area contributed by atoms with Crippen molar-refractivity contribution in [3.63, 3.8) is 0 Å². The average Bonchev–Trinajstić information content (AvgIpc) is 2.81. The first kappa shape index (κ1) is 11.0. The number of methoxy groups -OCH3 is 1. The van der Waals surface area contributed by atoms with Gasteiger partial charge < -0.3 is 15.2 Å². The Bertz CT molecular complexity index is 397. The number of esters is 1. The summed E-state index contributed by atoms with van der Waals surface area (Å²) in [5.41, 5.74) is 7.69. The Morgan fingerprint density at radius 1 is 1.56 bits per heavy atom. The molecule has 16 heavy (non-hydrogen) atoms. The molecule has 4 nitrogen and oxygen atoms in total. The summed E-state index contributed by atoms with van der Waals surface area (Å²) in [4.78, 5) is 11.3. The minimum atomic E-state index is -0.406. The lowest BCUT2D eigenvalue weighted by molar-refractivity contribution is 0.0601. The van der Waals surface area contributed by atoms with Gasteiger partial charge in [0, 0.05) is 12.3 Å². The molecule has 0 radical (unpaired) electrons. The van der Waals surface area contributed by atoms with Gasteiger partial charge >= 0.3 is 5.97 Å². The highest BCUT2D eigenvalue weighted by molar-refractivity contribution is 5.95. The van der Waals surface area contributed by atoms with Crippen molar-refractivity contribution in [1.82, 2.24) is 0 Å². The Labute approximate surface area is 94.3 Å². The van der Waals surface area contributed by atoms with Crippen LogP contribution in [0.25, 0.3) is 0 Å². The van der Waals surface area contributed by atoms with Crippen LogP contribution in [0.15, 0.2) is 18.2 Å². The van der Waals surface area contributed by atoms with E-state index in [0.717, 1.165) is 25.0 Å². The maximum Gasteiger partial charge on any atom is 0.339 e. The van der Waals surface area contributed by atoms with Crippen LogP contribution in [0.1, 0.15) is 34.9 Å². The smallest absolute Gasteiger partial charge is 0.339 e. The lowest BCUT2D eigenvalue weighted by Crippen LogP contribution is -2.07. The molecular formula is C12H15NO3. The van der Waals surface area contributed by atoms with Crippen LogP contribution in [0.4, 0.5) is 5.69 Å². The molecule has 1 atom stereocenters. The maximum absolute atomic E-state index is 11.3. The van der Waals surface area contributed by atoms with Gasteiger partial charge in [-0.25, -0.2) is 4.79 Å². The van der Waals surface area contributed by atoms with Crippen molar-refractivity contribution in [3.8, 4) is 0 Å². The Morgan fingerprint density at radius 2 is 2.38 bits per heavy atom. The van der Waals surface area contributed by atoms with Gasteiger partial charge in [-0.3, -0.25) is 0 Å². The number of rotatable bonds is 2. The van der Waals surface area contributed by atoms with Gasteiger partial charge in [-0.05, 0) is 30.5 Å². The fourth-order valence-electron chi connectivity index (χ4n) is 1.92. The molecule has 86 valence electrons. The monoisotopic (exact) mass is 221 g/mol. The number of hydrogen-bond donors (Lipinski definition) is 1. The first-order chi connectivity index (χ1) is 7.72. The van der Waals surface area contributed by atoms with Crippen LogP contribution in [-0.4, -0.2) is 19.7 Å². The van der Waals surface area contributed by atoms with E-state index in [4.69, 9.17) is 10.5 Å². The molecule has 1 saturated heterocycles. The minimum absolute atomic E-state index is 0.119. The lowest BCUT2D eigenvalue weighted by atomic mass is 10.0. The number of ether oxygens (including phenoxy) is 2. The molecule has 1 unspecified atom stereocenters. The molecule has 0 aromatic heterocycles. The van der Waals surface area contributed by atoms with E-state index >= 15 is 0 Å². The van der Waals surface area contributed by atoms with Crippen LogP contribution in [0.2, 0.25) is 0 Å². The fourth-order valence-corrected chi connectivity index (χ4v) is 1.92. The van der Waals surface area contributed by atoms with E-state index in [1.165, 1.54) is 7.11 Å². The Balaban J connectivity index is 2.25. The number of carbonyl (C=O) groups excluding carboxylic acids is 1. The van der Waals surface area contributed by atoms with Gasteiger partial charge in [0.05, 0.1) is 18.8 Å². The molecule has 1 aromatic carbocycles. The van der Waals surface area contributed by atoms with Gasteiger partial charge in [-0.2, -0.15) is 0 Å². The highest BCUT2D eigenvalue weighted by Crippen LogP contribution is 2.30. The van der Waals surface area contributed by atoms with Crippen molar-refractivity contribution < 1.29 is 14.3 Å². The SMILES string of the molecule is COC(=O)c1ccc(C2CCCO2)cc1N. The van der Waals surface area contributed by atoms with Crippen LogP contribution in [0.5, 0.6) is 0 Å². The lowest BCUT2D eigenvalue weighted by Gasteiger charge is -2.11. The average molecular weight is 221 g/mol. The van der Waals surface area contributed by atoms with E-state index < -0.39 is 5.97 Å². The van der Waals surface area contributed by atoms with E-state index in [1.807, 2.05) is 6.07 Å². The fraction of sp³-hybridized carbons (Fsp3) is 0.417. The first-order valence-corrected chi connectivity index (χ1v) is 5.31. The molecule has 1 aromatic rings. The predicted molar refractivity (Wildman–Crippen MR) is 60.1 cm³/mol. The zero-order valence-corrected chi connectivity index (χ0v) is 9.23. The Hall–Kier alpha value is -1.55. The highest BCUT2D eigenvalue weighted by atomic mass is 16.5. The minimum Gasteiger partial charge on any atom is -0.465 e. The van der Waals surface area contributed by atoms with Crippen LogP contribution < -0.4 is 5.73 Å². The summed E-state index contributed by atoms with van der Waals surface area (Å²) in [5.74, 6) is -0.406. The molecule has 1 aliphatic rings. The van der Waals surface area contributed by atoms with Gasteiger partial charge in [0.1, 0.15) is 0 Å². The molecule has 1 fully saturated rings. The largest absolute Gasteiger partial charge is 0.465 e. The topological polar surface area (TPSA) is 61.5 Å². The third kappa shape index (κ3) is 2.02. The number of carbonyl (C=O) groups is 1. The molecule has 1 heterocycles. The van der Waals surface area contributed by atoms with Gasteiger partial charge in [0.2, 0.25) is 0 Å². The summed E-state index contributed by atoms with van der Waals surface area (Å²) in [6, 6.07) is 5.36. The van der Waals surface area contributed by atoms with Gasteiger partial charge in [0.15, 0.2) is 0 Å². The zero-order valence-electron chi connectivity index (χ0n) is 9.23. The quantitative estimate of drug-likeness (QED) is 0.612. The number of nitrogen functional groups attached to an aromatic ring is 1. The van der Waals surface area contributed by atoms with Crippen molar-refractivity contribution in [2.45, 2.75) is 18.9 Å². The Morgan fingerprint density at radius 3 is 2.94 bits per heavy atom. The van der Waals surface area contributed by atoms with Crippen LogP contribution >= 0.6 is 0 Å². The van der Waals surface area contributed by atoms with Gasteiger partial charge in [-0.15, -0.1) is 0 Å². The summed E-state index contributed by atoms with van der Waals surface area (Å²) >= 11 is 0. The van der Waals surface area contributed by atoms with Crippen LogP contribution in [0, 0.1) is 0 Å². The van der Waals surface area contributed by atoms with Gasteiger partial charge in [0.25, 0.3) is 0 Å². The van der Waals surface area contributed by atoms with Crippen molar-refractivity contribution in [3.05, 3.63) is 29.3 Å². The molecule has 0 saturated carbocycles. The van der Waals surface area contributed by atoms with Gasteiger partial charge in [-0.1, -0.05) is 6.07 Å². The molecule has 0 amide bonds. The first-order valence-electron chi connectivity index (χ1n) is 5.31. The highest BCUT2D eigenvalue weighted by Gasteiger charge is 2.19. The standard InChI is InChI=1S/C12H15NO3/c1-15-12(14)9-5-4-8(7-10(9)13)11-3-2-6-16-11/h4-5,7,11H,2-3,6,13H2,1H3. The number of anilines is 1. The molecular weight excluding hydrogens is 206 g/mol.